The highest BCUT2D eigenvalue weighted by Gasteiger charge is 2.25. The molecule has 0 bridgehead atoms. The zero-order chi connectivity index (χ0) is 14.7. The number of carbonyl (C=O) groups excluding carboxylic acids is 1. The van der Waals surface area contributed by atoms with Gasteiger partial charge in [0.1, 0.15) is 0 Å². The Kier molecular flexibility index (Phi) is 4.50. The van der Waals surface area contributed by atoms with Crippen LogP contribution in [-0.4, -0.2) is 52.7 Å². The molecule has 1 aromatic heterocycles. The Labute approximate surface area is 124 Å². The largest absolute Gasteiger partial charge is 0.376 e. The van der Waals surface area contributed by atoms with Gasteiger partial charge in [-0.15, -0.1) is 5.10 Å². The summed E-state index contributed by atoms with van der Waals surface area (Å²) in [5, 5.41) is 14.4. The van der Waals surface area contributed by atoms with Gasteiger partial charge in [0.05, 0.1) is 24.4 Å². The molecule has 2 aliphatic heterocycles. The van der Waals surface area contributed by atoms with Gasteiger partial charge in [0, 0.05) is 6.61 Å². The molecule has 7 nitrogen and oxygen atoms in total. The van der Waals surface area contributed by atoms with Crippen LogP contribution in [0.1, 0.15) is 49.1 Å². The molecule has 0 radical (unpaired) electrons. The summed E-state index contributed by atoms with van der Waals surface area (Å²) in [5.41, 5.74) is 0.387. The third-order valence-electron chi connectivity index (χ3n) is 4.31. The van der Waals surface area contributed by atoms with Crippen LogP contribution >= 0.6 is 0 Å². The summed E-state index contributed by atoms with van der Waals surface area (Å²) in [6, 6.07) is 0.347. The molecule has 21 heavy (non-hydrogen) atoms. The molecule has 116 valence electrons. The third kappa shape index (κ3) is 3.41. The van der Waals surface area contributed by atoms with E-state index in [-0.39, 0.29) is 18.1 Å². The molecule has 0 aromatic carbocycles. The molecule has 2 aliphatic rings. The molecule has 3 rings (SSSR count). The molecule has 2 saturated heterocycles. The van der Waals surface area contributed by atoms with Crippen LogP contribution in [0.2, 0.25) is 0 Å². The van der Waals surface area contributed by atoms with Crippen molar-refractivity contribution in [1.82, 2.24) is 25.6 Å². The maximum Gasteiger partial charge on any atom is 0.273 e. The second-order valence-electron chi connectivity index (χ2n) is 5.88. The van der Waals surface area contributed by atoms with Gasteiger partial charge in [-0.2, -0.15) is 0 Å². The van der Waals surface area contributed by atoms with E-state index in [4.69, 9.17) is 4.74 Å². The normalized spacial score (nSPS) is 24.9. The number of piperidine rings is 1. The van der Waals surface area contributed by atoms with E-state index in [1.54, 1.807) is 6.20 Å². The minimum absolute atomic E-state index is 0.00373. The predicted molar refractivity (Wildman–Crippen MR) is 77.1 cm³/mol. The first-order chi connectivity index (χ1) is 10.2. The summed E-state index contributed by atoms with van der Waals surface area (Å²) in [6.45, 7) is 4.74. The van der Waals surface area contributed by atoms with E-state index in [1.165, 1.54) is 0 Å². The zero-order valence-electron chi connectivity index (χ0n) is 12.4. The molecule has 7 heteroatoms. The third-order valence-corrected chi connectivity index (χ3v) is 4.31. The first-order valence-corrected chi connectivity index (χ1v) is 7.79. The number of hydrogen-bond donors (Lipinski definition) is 2. The van der Waals surface area contributed by atoms with E-state index < -0.39 is 0 Å². The lowest BCUT2D eigenvalue weighted by Gasteiger charge is -2.22. The minimum Gasteiger partial charge on any atom is -0.376 e. The molecule has 1 amide bonds. The van der Waals surface area contributed by atoms with Gasteiger partial charge in [-0.3, -0.25) is 4.79 Å². The minimum atomic E-state index is -0.168. The van der Waals surface area contributed by atoms with Gasteiger partial charge in [0.15, 0.2) is 5.69 Å². The van der Waals surface area contributed by atoms with Crippen LogP contribution in [0.4, 0.5) is 0 Å². The topological polar surface area (TPSA) is 81.1 Å². The van der Waals surface area contributed by atoms with Crippen molar-refractivity contribution in [3.63, 3.8) is 0 Å². The average Bonchev–Trinajstić information content (AvgIpc) is 3.20. The molecule has 0 spiro atoms. The lowest BCUT2D eigenvalue weighted by Crippen LogP contribution is -2.41. The lowest BCUT2D eigenvalue weighted by atomic mass is 10.1. The van der Waals surface area contributed by atoms with E-state index in [1.807, 2.05) is 11.6 Å². The Morgan fingerprint density at radius 1 is 1.48 bits per heavy atom. The summed E-state index contributed by atoms with van der Waals surface area (Å²) in [4.78, 5) is 12.2. The van der Waals surface area contributed by atoms with Crippen LogP contribution in [0.3, 0.4) is 0 Å². The second kappa shape index (κ2) is 6.53. The number of nitrogens with one attached hydrogen (secondary N) is 2. The van der Waals surface area contributed by atoms with Crippen molar-refractivity contribution in [3.8, 4) is 0 Å². The molecular weight excluding hydrogens is 270 g/mol. The Bertz CT molecular complexity index is 477. The van der Waals surface area contributed by atoms with Crippen LogP contribution in [0.5, 0.6) is 0 Å². The Morgan fingerprint density at radius 2 is 2.29 bits per heavy atom. The fourth-order valence-electron chi connectivity index (χ4n) is 3.00. The number of hydrogen-bond acceptors (Lipinski definition) is 5. The van der Waals surface area contributed by atoms with E-state index in [2.05, 4.69) is 20.9 Å². The van der Waals surface area contributed by atoms with Crippen molar-refractivity contribution in [2.24, 2.45) is 0 Å². The molecule has 0 aliphatic carbocycles. The van der Waals surface area contributed by atoms with Gasteiger partial charge in [-0.25, -0.2) is 4.68 Å². The summed E-state index contributed by atoms with van der Waals surface area (Å²) in [6.07, 6.45) is 5.99. The first-order valence-electron chi connectivity index (χ1n) is 7.79. The molecule has 1 aromatic rings. The zero-order valence-corrected chi connectivity index (χ0v) is 12.4. The smallest absolute Gasteiger partial charge is 0.273 e. The van der Waals surface area contributed by atoms with Crippen molar-refractivity contribution >= 4 is 5.91 Å². The van der Waals surface area contributed by atoms with Crippen molar-refractivity contribution in [3.05, 3.63) is 11.9 Å². The summed E-state index contributed by atoms with van der Waals surface area (Å²) < 4.78 is 7.41. The van der Waals surface area contributed by atoms with Gasteiger partial charge in [0.2, 0.25) is 0 Å². The summed E-state index contributed by atoms with van der Waals surface area (Å²) in [7, 11) is 0. The molecule has 2 N–H and O–H groups in total. The van der Waals surface area contributed by atoms with Gasteiger partial charge >= 0.3 is 0 Å². The molecular formula is C14H23N5O2. The van der Waals surface area contributed by atoms with E-state index in [0.29, 0.717) is 11.7 Å². The maximum atomic E-state index is 12.2. The fourth-order valence-corrected chi connectivity index (χ4v) is 3.00. The van der Waals surface area contributed by atoms with Crippen molar-refractivity contribution in [2.75, 3.05) is 19.7 Å². The number of carbonyl (C=O) groups is 1. The molecule has 2 atom stereocenters. The number of aromatic nitrogens is 3. The lowest BCUT2D eigenvalue weighted by molar-refractivity contribution is 0.0709. The average molecular weight is 293 g/mol. The highest BCUT2D eigenvalue weighted by atomic mass is 16.5. The van der Waals surface area contributed by atoms with E-state index in [0.717, 1.165) is 45.4 Å². The SMILES string of the molecule is C[C@H](NC(=O)c1cn(C2CCNCC2)nn1)[C@@H]1CCCO1. The maximum absolute atomic E-state index is 12.2. The van der Waals surface area contributed by atoms with Gasteiger partial charge in [0.25, 0.3) is 5.91 Å². The standard InChI is InChI=1S/C14H23N5O2/c1-10(13-3-2-8-21-13)16-14(20)12-9-19(18-17-12)11-4-6-15-7-5-11/h9-11,13,15H,2-8H2,1H3,(H,16,20)/t10-,13-/m0/s1. The highest BCUT2D eigenvalue weighted by Crippen LogP contribution is 2.18. The number of amides is 1. The van der Waals surface area contributed by atoms with Crippen molar-refractivity contribution in [2.45, 2.75) is 50.8 Å². The van der Waals surface area contributed by atoms with Crippen molar-refractivity contribution in [1.29, 1.82) is 0 Å². The summed E-state index contributed by atoms with van der Waals surface area (Å²) >= 11 is 0. The number of rotatable bonds is 4. The van der Waals surface area contributed by atoms with E-state index >= 15 is 0 Å². The monoisotopic (exact) mass is 293 g/mol. The van der Waals surface area contributed by atoms with Crippen LogP contribution in [0.25, 0.3) is 0 Å². The molecule has 2 fully saturated rings. The highest BCUT2D eigenvalue weighted by molar-refractivity contribution is 5.92. The fraction of sp³-hybridized carbons (Fsp3) is 0.786. The number of nitrogens with zero attached hydrogens (tertiary/aromatic N) is 3. The Balaban J connectivity index is 1.58. The molecule has 0 saturated carbocycles. The van der Waals surface area contributed by atoms with Crippen molar-refractivity contribution < 1.29 is 9.53 Å². The van der Waals surface area contributed by atoms with Crippen LogP contribution < -0.4 is 10.6 Å². The Morgan fingerprint density at radius 3 is 3.00 bits per heavy atom. The first kappa shape index (κ1) is 14.5. The predicted octanol–water partition coefficient (Wildman–Crippen LogP) is 0.500. The quantitative estimate of drug-likeness (QED) is 0.845. The van der Waals surface area contributed by atoms with Gasteiger partial charge in [-0.05, 0) is 45.7 Å². The van der Waals surface area contributed by atoms with Gasteiger partial charge < -0.3 is 15.4 Å². The molecule has 0 unspecified atom stereocenters. The van der Waals surface area contributed by atoms with Crippen LogP contribution in [0.15, 0.2) is 6.20 Å². The Hall–Kier alpha value is -1.47. The van der Waals surface area contributed by atoms with Crippen LogP contribution in [-0.2, 0) is 4.74 Å². The number of ether oxygens (including phenoxy) is 1. The molecule has 3 heterocycles. The van der Waals surface area contributed by atoms with Crippen LogP contribution in [0, 0.1) is 0 Å². The second-order valence-corrected chi connectivity index (χ2v) is 5.88. The summed E-state index contributed by atoms with van der Waals surface area (Å²) in [5.74, 6) is -0.168. The van der Waals surface area contributed by atoms with Gasteiger partial charge in [-0.1, -0.05) is 5.21 Å². The van der Waals surface area contributed by atoms with E-state index in [9.17, 15) is 4.79 Å².